The highest BCUT2D eigenvalue weighted by molar-refractivity contribution is 5.56. The lowest BCUT2D eigenvalue weighted by Crippen LogP contribution is -1.98. The molecule has 0 atom stereocenters. The molecule has 0 saturated carbocycles. The largest absolute Gasteiger partial charge is 0.399 e. The summed E-state index contributed by atoms with van der Waals surface area (Å²) in [6.45, 7) is 0. The van der Waals surface area contributed by atoms with Crippen molar-refractivity contribution >= 4 is 5.69 Å². The zero-order valence-corrected chi connectivity index (χ0v) is 7.38. The number of rotatable bonds is 1. The lowest BCUT2D eigenvalue weighted by molar-refractivity contribution is 0.877. The SMILES string of the molecule is N#Cc1cc(N)ccc1-n1cccn1. The number of hydrogen-bond donors (Lipinski definition) is 1. The second kappa shape index (κ2) is 3.23. The van der Waals surface area contributed by atoms with Crippen molar-refractivity contribution in [3.63, 3.8) is 0 Å². The first-order valence-electron chi connectivity index (χ1n) is 4.11. The first-order chi connectivity index (χ1) is 6.81. The molecule has 2 N–H and O–H groups in total. The number of nitrogen functional groups attached to an aromatic ring is 1. The maximum atomic E-state index is 8.90. The Labute approximate surface area is 81.2 Å². The highest BCUT2D eigenvalue weighted by Gasteiger charge is 2.03. The van der Waals surface area contributed by atoms with Crippen LogP contribution in [0.5, 0.6) is 0 Å². The fourth-order valence-corrected chi connectivity index (χ4v) is 1.25. The standard InChI is InChI=1S/C10H8N4/c11-7-8-6-9(12)2-3-10(8)14-5-1-4-13-14/h1-6H,12H2. The molecule has 0 radical (unpaired) electrons. The summed E-state index contributed by atoms with van der Waals surface area (Å²) in [6.07, 6.45) is 3.45. The molecule has 0 amide bonds. The molecule has 0 fully saturated rings. The van der Waals surface area contributed by atoms with Crippen LogP contribution in [-0.2, 0) is 0 Å². The van der Waals surface area contributed by atoms with Gasteiger partial charge in [-0.05, 0) is 24.3 Å². The maximum absolute atomic E-state index is 8.90. The zero-order valence-electron chi connectivity index (χ0n) is 7.38. The van der Waals surface area contributed by atoms with E-state index < -0.39 is 0 Å². The number of aromatic nitrogens is 2. The van der Waals surface area contributed by atoms with Crippen LogP contribution >= 0.6 is 0 Å². The minimum absolute atomic E-state index is 0.522. The molecule has 1 aromatic heterocycles. The van der Waals surface area contributed by atoms with Gasteiger partial charge in [-0.25, -0.2) is 4.68 Å². The van der Waals surface area contributed by atoms with Gasteiger partial charge in [-0.1, -0.05) is 0 Å². The average Bonchev–Trinajstić information content (AvgIpc) is 2.70. The third kappa shape index (κ3) is 1.31. The van der Waals surface area contributed by atoms with Crippen molar-refractivity contribution in [2.75, 3.05) is 5.73 Å². The molecule has 14 heavy (non-hydrogen) atoms. The fourth-order valence-electron chi connectivity index (χ4n) is 1.25. The third-order valence-corrected chi connectivity index (χ3v) is 1.89. The third-order valence-electron chi connectivity index (χ3n) is 1.89. The number of anilines is 1. The second-order valence-corrected chi connectivity index (χ2v) is 2.84. The Morgan fingerprint density at radius 2 is 2.29 bits per heavy atom. The van der Waals surface area contributed by atoms with Crippen molar-refractivity contribution in [2.45, 2.75) is 0 Å². The quantitative estimate of drug-likeness (QED) is 0.680. The summed E-state index contributed by atoms with van der Waals surface area (Å²) in [5, 5.41) is 12.9. The van der Waals surface area contributed by atoms with E-state index in [1.807, 2.05) is 0 Å². The van der Waals surface area contributed by atoms with Gasteiger partial charge in [0.15, 0.2) is 0 Å². The Bertz CT molecular complexity index is 479. The van der Waals surface area contributed by atoms with Crippen molar-refractivity contribution in [2.24, 2.45) is 0 Å². The average molecular weight is 184 g/mol. The molecule has 2 rings (SSSR count). The van der Waals surface area contributed by atoms with Crippen molar-refractivity contribution in [3.05, 3.63) is 42.2 Å². The van der Waals surface area contributed by atoms with Crippen molar-refractivity contribution in [1.82, 2.24) is 9.78 Å². The van der Waals surface area contributed by atoms with Gasteiger partial charge in [-0.2, -0.15) is 10.4 Å². The molecule has 2 aromatic rings. The molecule has 0 aliphatic carbocycles. The van der Waals surface area contributed by atoms with Crippen LogP contribution in [-0.4, -0.2) is 9.78 Å². The maximum Gasteiger partial charge on any atom is 0.101 e. The molecular weight excluding hydrogens is 176 g/mol. The van der Waals surface area contributed by atoms with Crippen molar-refractivity contribution < 1.29 is 0 Å². The summed E-state index contributed by atoms with van der Waals surface area (Å²) in [5.74, 6) is 0. The Morgan fingerprint density at radius 3 is 2.93 bits per heavy atom. The lowest BCUT2D eigenvalue weighted by Gasteiger charge is -2.03. The normalized spacial score (nSPS) is 9.64. The van der Waals surface area contributed by atoms with Gasteiger partial charge in [0.25, 0.3) is 0 Å². The summed E-state index contributed by atoms with van der Waals surface area (Å²) < 4.78 is 1.64. The molecule has 4 nitrogen and oxygen atoms in total. The lowest BCUT2D eigenvalue weighted by atomic mass is 10.2. The molecule has 0 spiro atoms. The molecule has 4 heteroatoms. The van der Waals surface area contributed by atoms with Crippen LogP contribution in [0.15, 0.2) is 36.7 Å². The predicted molar refractivity (Wildman–Crippen MR) is 52.7 cm³/mol. The summed E-state index contributed by atoms with van der Waals surface area (Å²) in [5.41, 5.74) is 7.42. The Balaban J connectivity index is 2.60. The number of benzene rings is 1. The van der Waals surface area contributed by atoms with E-state index in [2.05, 4.69) is 11.2 Å². The van der Waals surface area contributed by atoms with E-state index >= 15 is 0 Å². The van der Waals surface area contributed by atoms with E-state index in [1.54, 1.807) is 41.3 Å². The molecular formula is C10H8N4. The van der Waals surface area contributed by atoms with Crippen molar-refractivity contribution in [3.8, 4) is 11.8 Å². The smallest absolute Gasteiger partial charge is 0.101 e. The van der Waals surface area contributed by atoms with Gasteiger partial charge in [0.2, 0.25) is 0 Å². The molecule has 0 saturated heterocycles. The minimum Gasteiger partial charge on any atom is -0.399 e. The van der Waals surface area contributed by atoms with E-state index in [1.165, 1.54) is 0 Å². The predicted octanol–water partition coefficient (Wildman–Crippen LogP) is 1.33. The number of nitrogens with zero attached hydrogens (tertiary/aromatic N) is 3. The number of hydrogen-bond acceptors (Lipinski definition) is 3. The van der Waals surface area contributed by atoms with E-state index in [0.29, 0.717) is 11.3 Å². The molecule has 0 bridgehead atoms. The summed E-state index contributed by atoms with van der Waals surface area (Å²) in [6, 6.07) is 9.05. The van der Waals surface area contributed by atoms with E-state index in [9.17, 15) is 0 Å². The molecule has 0 unspecified atom stereocenters. The van der Waals surface area contributed by atoms with Crippen LogP contribution in [0.1, 0.15) is 5.56 Å². The highest BCUT2D eigenvalue weighted by Crippen LogP contribution is 2.15. The Kier molecular flexibility index (Phi) is 1.92. The Morgan fingerprint density at radius 1 is 1.43 bits per heavy atom. The van der Waals surface area contributed by atoms with E-state index in [4.69, 9.17) is 11.0 Å². The minimum atomic E-state index is 0.522. The van der Waals surface area contributed by atoms with Gasteiger partial charge >= 0.3 is 0 Å². The van der Waals surface area contributed by atoms with Gasteiger partial charge in [0.1, 0.15) is 6.07 Å². The van der Waals surface area contributed by atoms with Crippen LogP contribution < -0.4 is 5.73 Å². The molecule has 1 aromatic carbocycles. The van der Waals surface area contributed by atoms with E-state index in [0.717, 1.165) is 5.69 Å². The number of nitriles is 1. The van der Waals surface area contributed by atoms with Crippen LogP contribution in [0.25, 0.3) is 5.69 Å². The first kappa shape index (κ1) is 8.32. The first-order valence-corrected chi connectivity index (χ1v) is 4.11. The van der Waals surface area contributed by atoms with Gasteiger partial charge < -0.3 is 5.73 Å². The van der Waals surface area contributed by atoms with Gasteiger partial charge in [0, 0.05) is 18.1 Å². The van der Waals surface area contributed by atoms with Gasteiger partial charge in [-0.3, -0.25) is 0 Å². The van der Waals surface area contributed by atoms with Gasteiger partial charge in [0.05, 0.1) is 11.3 Å². The summed E-state index contributed by atoms with van der Waals surface area (Å²) >= 11 is 0. The van der Waals surface area contributed by atoms with Crippen LogP contribution in [0.2, 0.25) is 0 Å². The molecule has 1 heterocycles. The van der Waals surface area contributed by atoms with Crippen molar-refractivity contribution in [1.29, 1.82) is 5.26 Å². The van der Waals surface area contributed by atoms with Crippen LogP contribution in [0, 0.1) is 11.3 Å². The second-order valence-electron chi connectivity index (χ2n) is 2.84. The number of nitrogens with two attached hydrogens (primary N) is 1. The summed E-state index contributed by atoms with van der Waals surface area (Å²) in [4.78, 5) is 0. The molecule has 68 valence electrons. The topological polar surface area (TPSA) is 67.6 Å². The molecule has 0 aliphatic heterocycles. The monoisotopic (exact) mass is 184 g/mol. The van der Waals surface area contributed by atoms with Gasteiger partial charge in [-0.15, -0.1) is 0 Å². The molecule has 0 aliphatic rings. The highest BCUT2D eigenvalue weighted by atomic mass is 15.3. The Hall–Kier alpha value is -2.28. The zero-order chi connectivity index (χ0) is 9.97. The van der Waals surface area contributed by atoms with E-state index in [-0.39, 0.29) is 0 Å². The fraction of sp³-hybridized carbons (Fsp3) is 0. The van der Waals surface area contributed by atoms with Crippen LogP contribution in [0.3, 0.4) is 0 Å². The summed E-state index contributed by atoms with van der Waals surface area (Å²) in [7, 11) is 0. The van der Waals surface area contributed by atoms with Crippen LogP contribution in [0.4, 0.5) is 5.69 Å².